The topological polar surface area (TPSA) is 222 Å². The second-order valence-electron chi connectivity index (χ2n) is 21.8. The smallest absolute Gasteiger partial charge is 0.331 e. The molecule has 14 unspecified atom stereocenters. The number of hydrogen-bond donors (Lipinski definition) is 6. The molecule has 4 aliphatic carbocycles. The number of carbonyl (C=O) groups excluding carboxylic acids is 1. The van der Waals surface area contributed by atoms with Crippen LogP contribution in [0.5, 0.6) is 0 Å². The highest BCUT2D eigenvalue weighted by atomic mass is 16.7. The number of rotatable bonds is 10. The third-order valence-corrected chi connectivity index (χ3v) is 18.3. The van der Waals surface area contributed by atoms with Gasteiger partial charge in [-0.05, 0) is 113 Å². The highest BCUT2D eigenvalue weighted by molar-refractivity contribution is 5.85. The number of ether oxygens (including phenoxy) is 9. The van der Waals surface area contributed by atoms with Crippen LogP contribution in [0.4, 0.5) is 0 Å². The van der Waals surface area contributed by atoms with Gasteiger partial charge in [0.2, 0.25) is 0 Å². The lowest BCUT2D eigenvalue weighted by Gasteiger charge is -2.64. The zero-order chi connectivity index (χ0) is 45.5. The fraction of sp³-hybridized carbons (Fsp3) is 0.938. The zero-order valence-electron chi connectivity index (χ0n) is 38.6. The molecule has 9 aliphatic rings. The van der Waals surface area contributed by atoms with E-state index in [2.05, 4.69) is 13.8 Å². The quantitative estimate of drug-likeness (QED) is 0.137. The van der Waals surface area contributed by atoms with Crippen LogP contribution in [0.1, 0.15) is 125 Å². The monoisotopic (exact) mass is 909 g/mol. The first-order chi connectivity index (χ1) is 30.4. The Morgan fingerprint density at radius 1 is 0.672 bits per heavy atom. The summed E-state index contributed by atoms with van der Waals surface area (Å²) in [7, 11) is 0. The Bertz CT molecular complexity index is 1660. The van der Waals surface area contributed by atoms with Crippen LogP contribution >= 0.6 is 0 Å². The first-order valence-electron chi connectivity index (χ1n) is 24.6. The van der Waals surface area contributed by atoms with Gasteiger partial charge in [-0.3, -0.25) is 0 Å². The summed E-state index contributed by atoms with van der Waals surface area (Å²) in [6.45, 7) is 12.2. The molecular formula is C48H76O16. The Morgan fingerprint density at radius 2 is 1.33 bits per heavy atom. The molecule has 24 atom stereocenters. The molecule has 16 nitrogen and oxygen atoms in total. The minimum absolute atomic E-state index is 0.00626. The number of aliphatic hydroxyl groups excluding tert-OH is 5. The first-order valence-corrected chi connectivity index (χ1v) is 24.6. The van der Waals surface area contributed by atoms with Gasteiger partial charge in [-0.25, -0.2) is 4.79 Å². The van der Waals surface area contributed by atoms with Crippen molar-refractivity contribution in [3.8, 4) is 0 Å². The third kappa shape index (κ3) is 8.68. The Labute approximate surface area is 377 Å². The summed E-state index contributed by atoms with van der Waals surface area (Å²) in [4.78, 5) is 12.0. The highest BCUT2D eigenvalue weighted by Gasteiger charge is 2.68. The average Bonchev–Trinajstić information content (AvgIpc) is 3.79. The van der Waals surface area contributed by atoms with Crippen LogP contribution in [-0.4, -0.2) is 154 Å². The van der Waals surface area contributed by atoms with Crippen LogP contribution in [0.3, 0.4) is 0 Å². The lowest BCUT2D eigenvalue weighted by molar-refractivity contribution is -0.343. The Morgan fingerprint density at radius 3 is 1.97 bits per heavy atom. The van der Waals surface area contributed by atoms with E-state index in [1.54, 1.807) is 13.0 Å². The predicted molar refractivity (Wildman–Crippen MR) is 226 cm³/mol. The number of esters is 1. The molecule has 4 saturated carbocycles. The first kappa shape index (κ1) is 47.7. The van der Waals surface area contributed by atoms with Crippen LogP contribution in [0.2, 0.25) is 0 Å². The second-order valence-corrected chi connectivity index (χ2v) is 21.8. The van der Waals surface area contributed by atoms with E-state index < -0.39 is 98.4 Å². The molecule has 64 heavy (non-hydrogen) atoms. The maximum Gasteiger partial charge on any atom is 0.331 e. The minimum atomic E-state index is -1.07. The van der Waals surface area contributed by atoms with Gasteiger partial charge < -0.3 is 73.3 Å². The van der Waals surface area contributed by atoms with Crippen molar-refractivity contribution in [3.05, 3.63) is 11.6 Å². The molecule has 9 rings (SSSR count). The van der Waals surface area contributed by atoms with Gasteiger partial charge in [0.25, 0.3) is 0 Å². The number of carbonyl (C=O) groups is 1. The lowest BCUT2D eigenvalue weighted by Crippen LogP contribution is -2.62. The van der Waals surface area contributed by atoms with Crippen molar-refractivity contribution < 1.29 is 78.1 Å². The van der Waals surface area contributed by atoms with E-state index in [0.29, 0.717) is 24.9 Å². The van der Waals surface area contributed by atoms with Gasteiger partial charge in [0.15, 0.2) is 25.2 Å². The molecular weight excluding hydrogens is 833 g/mol. The largest absolute Gasteiger partial charge is 0.458 e. The van der Waals surface area contributed by atoms with Gasteiger partial charge in [-0.2, -0.15) is 0 Å². The average molecular weight is 909 g/mol. The van der Waals surface area contributed by atoms with E-state index >= 15 is 0 Å². The standard InChI is InChI=1S/C48H76O16/c1-23-24(2)57-42(20-37(23)61-45-36(53)17-33(50)38(21-49)62-45)64-44-26(4)59-41(19-35(44)52)63-43-25(3)58-40(18-34(43)51)60-29-9-12-46(5)28(16-29)7-8-32-31(46)10-13-47(6)30(11-14-48(32,47)55)27-15-39(54)56-22-27/h15,23-26,28-38,40-45,49-53,55H,7-14,16-22H2,1-6H3/t23?,24?,25?,26?,28-,29+,30-,31+,32-,33-,34?,35?,36+,37?,38?,40?,41?,42?,43?,44?,45?,46+,47-,48+/m1/s1. The van der Waals surface area contributed by atoms with Crippen LogP contribution in [-0.2, 0) is 47.4 Å². The van der Waals surface area contributed by atoms with Gasteiger partial charge in [0.05, 0.1) is 61.0 Å². The Kier molecular flexibility index (Phi) is 13.8. The molecule has 0 spiro atoms. The number of cyclic esters (lactones) is 1. The van der Waals surface area contributed by atoms with Crippen LogP contribution in [0.25, 0.3) is 0 Å². The van der Waals surface area contributed by atoms with E-state index in [0.717, 1.165) is 63.4 Å². The molecule has 0 aromatic carbocycles. The van der Waals surface area contributed by atoms with Gasteiger partial charge in [-0.15, -0.1) is 0 Å². The zero-order valence-corrected chi connectivity index (χ0v) is 38.6. The second kappa shape index (κ2) is 18.5. The van der Waals surface area contributed by atoms with Crippen LogP contribution < -0.4 is 0 Å². The van der Waals surface area contributed by atoms with Crippen molar-refractivity contribution in [1.82, 2.24) is 0 Å². The molecule has 0 aromatic rings. The minimum Gasteiger partial charge on any atom is -0.458 e. The summed E-state index contributed by atoms with van der Waals surface area (Å²) in [6, 6.07) is 0. The summed E-state index contributed by atoms with van der Waals surface area (Å²) in [5.41, 5.74) is 0.168. The van der Waals surface area contributed by atoms with Crippen LogP contribution in [0.15, 0.2) is 11.6 Å². The van der Waals surface area contributed by atoms with Gasteiger partial charge in [0.1, 0.15) is 31.0 Å². The molecule has 0 radical (unpaired) electrons. The van der Waals surface area contributed by atoms with E-state index in [4.69, 9.17) is 42.6 Å². The molecule has 4 saturated heterocycles. The Hall–Kier alpha value is -1.35. The molecule has 0 aromatic heterocycles. The fourth-order valence-corrected chi connectivity index (χ4v) is 14.4. The van der Waals surface area contributed by atoms with Crippen molar-refractivity contribution in [3.63, 3.8) is 0 Å². The van der Waals surface area contributed by atoms with Gasteiger partial charge >= 0.3 is 5.97 Å². The molecule has 0 amide bonds. The molecule has 16 heteroatoms. The Balaban J connectivity index is 0.743. The maximum atomic E-state index is 12.6. The summed E-state index contributed by atoms with van der Waals surface area (Å²) in [5.74, 6) is 0.988. The van der Waals surface area contributed by atoms with Crippen molar-refractivity contribution in [2.24, 2.45) is 40.4 Å². The summed E-state index contributed by atoms with van der Waals surface area (Å²) < 4.78 is 55.3. The highest BCUT2D eigenvalue weighted by Crippen LogP contribution is 2.70. The maximum absolute atomic E-state index is 12.6. The van der Waals surface area contributed by atoms with Gasteiger partial charge in [-0.1, -0.05) is 20.8 Å². The normalized spacial score (nSPS) is 54.3. The van der Waals surface area contributed by atoms with E-state index in [9.17, 15) is 35.4 Å². The van der Waals surface area contributed by atoms with E-state index in [1.165, 1.54) is 0 Å². The van der Waals surface area contributed by atoms with Crippen molar-refractivity contribution in [1.29, 1.82) is 0 Å². The molecule has 8 fully saturated rings. The van der Waals surface area contributed by atoms with Crippen molar-refractivity contribution >= 4 is 5.97 Å². The molecule has 0 bridgehead atoms. The summed E-state index contributed by atoms with van der Waals surface area (Å²) in [5, 5.41) is 65.7. The third-order valence-electron chi connectivity index (χ3n) is 18.3. The molecule has 5 heterocycles. The number of hydrogen-bond acceptors (Lipinski definition) is 16. The predicted octanol–water partition coefficient (Wildman–Crippen LogP) is 3.38. The SMILES string of the molecule is CC1OC(OC2C(O)CC(OC3C(O)CC(O[C@H]4CC[C@@]5(C)[C@H](CC[C@@H]6[C@@H]5CC[C@]5(C)[C@@H](C7=CC(=O)OC7)CC[C@]65O)C4)OC3C)OC2C)CC(OC2OC(CO)[C@H](O)C[C@@H]2O)C1C. The summed E-state index contributed by atoms with van der Waals surface area (Å²) in [6.07, 6.45) is -0.268. The van der Waals surface area contributed by atoms with Crippen molar-refractivity contribution in [2.75, 3.05) is 13.2 Å². The number of fused-ring (bicyclic) bond motifs is 5. The van der Waals surface area contributed by atoms with E-state index in [1.807, 2.05) is 20.8 Å². The van der Waals surface area contributed by atoms with Crippen LogP contribution in [0, 0.1) is 40.4 Å². The molecule has 5 aliphatic heterocycles. The summed E-state index contributed by atoms with van der Waals surface area (Å²) >= 11 is 0. The van der Waals surface area contributed by atoms with Crippen molar-refractivity contribution in [2.45, 2.75) is 229 Å². The lowest BCUT2D eigenvalue weighted by atomic mass is 9.43. The fourth-order valence-electron chi connectivity index (χ4n) is 14.4. The number of aliphatic hydroxyl groups is 6. The molecule has 364 valence electrons. The van der Waals surface area contributed by atoms with Gasteiger partial charge in [0, 0.05) is 43.1 Å². The van der Waals surface area contributed by atoms with E-state index in [-0.39, 0.29) is 66.0 Å². The molecule has 6 N–H and O–H groups in total.